The SMILES string of the molecule is Cc1cc2c(s1)NC=c1cccnc1=C2N1CCN(C)C(CC(C)(C)O)C1.Cl.Cl. The fraction of sp³-hybridized carbons (Fsp3) is 0.476. The summed E-state index contributed by atoms with van der Waals surface area (Å²) in [6.45, 7) is 8.77. The summed E-state index contributed by atoms with van der Waals surface area (Å²) in [5.74, 6) is 0. The zero-order valence-corrected chi connectivity index (χ0v) is 19.8. The van der Waals surface area contributed by atoms with Crippen LogP contribution in [-0.4, -0.2) is 58.2 Å². The number of pyridine rings is 1. The normalized spacial score (nSPS) is 19.0. The molecule has 4 heterocycles. The smallest absolute Gasteiger partial charge is 0.102 e. The maximum Gasteiger partial charge on any atom is 0.102 e. The van der Waals surface area contributed by atoms with Crippen LogP contribution >= 0.6 is 36.2 Å². The number of aliphatic hydroxyl groups is 1. The van der Waals surface area contributed by atoms with Crippen LogP contribution in [0.15, 0.2) is 24.4 Å². The van der Waals surface area contributed by atoms with Gasteiger partial charge in [-0.3, -0.25) is 9.88 Å². The molecule has 0 aromatic carbocycles. The van der Waals surface area contributed by atoms with Gasteiger partial charge in [0.25, 0.3) is 0 Å². The summed E-state index contributed by atoms with van der Waals surface area (Å²) in [7, 11) is 2.16. The average molecular weight is 457 g/mol. The van der Waals surface area contributed by atoms with Crippen molar-refractivity contribution >= 4 is 53.0 Å². The minimum absolute atomic E-state index is 0. The van der Waals surface area contributed by atoms with E-state index in [1.165, 1.54) is 21.1 Å². The Labute approximate surface area is 189 Å². The summed E-state index contributed by atoms with van der Waals surface area (Å²) < 4.78 is 0. The fourth-order valence-corrected chi connectivity index (χ4v) is 4.95. The lowest BCUT2D eigenvalue weighted by molar-refractivity contribution is 0.0202. The molecule has 2 aliphatic heterocycles. The summed E-state index contributed by atoms with van der Waals surface area (Å²) >= 11 is 1.79. The molecule has 2 aromatic heterocycles. The molecule has 4 rings (SSSR count). The third-order valence-electron chi connectivity index (χ3n) is 5.36. The Morgan fingerprint density at radius 1 is 1.31 bits per heavy atom. The Kier molecular flexibility index (Phi) is 7.63. The second-order valence-corrected chi connectivity index (χ2v) is 9.53. The molecule has 0 spiro atoms. The van der Waals surface area contributed by atoms with Crippen molar-refractivity contribution in [2.24, 2.45) is 0 Å². The van der Waals surface area contributed by atoms with E-state index in [9.17, 15) is 5.11 Å². The van der Waals surface area contributed by atoms with Crippen LogP contribution in [0.3, 0.4) is 0 Å². The van der Waals surface area contributed by atoms with Gasteiger partial charge in [-0.25, -0.2) is 0 Å². The Morgan fingerprint density at radius 3 is 2.79 bits per heavy atom. The molecular formula is C21H30Cl2N4OS. The lowest BCUT2D eigenvalue weighted by atomic mass is 9.96. The van der Waals surface area contributed by atoms with Gasteiger partial charge in [0.15, 0.2) is 0 Å². The molecule has 0 radical (unpaired) electrons. The van der Waals surface area contributed by atoms with E-state index in [1.807, 2.05) is 26.1 Å². The maximum atomic E-state index is 10.4. The lowest BCUT2D eigenvalue weighted by Gasteiger charge is -2.43. The predicted molar refractivity (Wildman–Crippen MR) is 127 cm³/mol. The van der Waals surface area contributed by atoms with Gasteiger partial charge in [-0.05, 0) is 52.4 Å². The number of nitrogens with one attached hydrogen (secondary N) is 1. The largest absolute Gasteiger partial charge is 0.390 e. The zero-order chi connectivity index (χ0) is 19.2. The number of hydrogen-bond donors (Lipinski definition) is 2. The van der Waals surface area contributed by atoms with Gasteiger partial charge < -0.3 is 15.3 Å². The number of nitrogens with zero attached hydrogens (tertiary/aromatic N) is 3. The van der Waals surface area contributed by atoms with Crippen LogP contribution in [0.5, 0.6) is 0 Å². The minimum Gasteiger partial charge on any atom is -0.390 e. The van der Waals surface area contributed by atoms with Crippen molar-refractivity contribution in [3.05, 3.63) is 45.4 Å². The fourth-order valence-electron chi connectivity index (χ4n) is 4.07. The number of piperazine rings is 1. The van der Waals surface area contributed by atoms with Gasteiger partial charge in [-0.1, -0.05) is 0 Å². The summed E-state index contributed by atoms with van der Waals surface area (Å²) in [5, 5.41) is 17.2. The van der Waals surface area contributed by atoms with Crippen LogP contribution in [0.25, 0.3) is 11.9 Å². The van der Waals surface area contributed by atoms with Crippen LogP contribution in [-0.2, 0) is 0 Å². The zero-order valence-electron chi connectivity index (χ0n) is 17.3. The number of halogens is 2. The molecule has 2 N–H and O–H groups in total. The Balaban J connectivity index is 0.00000150. The molecule has 1 unspecified atom stereocenters. The number of aromatic nitrogens is 1. The van der Waals surface area contributed by atoms with E-state index >= 15 is 0 Å². The van der Waals surface area contributed by atoms with Crippen molar-refractivity contribution in [2.45, 2.75) is 38.8 Å². The van der Waals surface area contributed by atoms with E-state index in [4.69, 9.17) is 4.98 Å². The van der Waals surface area contributed by atoms with E-state index in [2.05, 4.69) is 47.4 Å². The Bertz CT molecular complexity index is 970. The highest BCUT2D eigenvalue weighted by atomic mass is 35.5. The topological polar surface area (TPSA) is 51.6 Å². The highest BCUT2D eigenvalue weighted by molar-refractivity contribution is 7.16. The van der Waals surface area contributed by atoms with Gasteiger partial charge in [0.2, 0.25) is 0 Å². The van der Waals surface area contributed by atoms with Gasteiger partial charge in [0, 0.05) is 53.7 Å². The van der Waals surface area contributed by atoms with Gasteiger partial charge in [0.1, 0.15) is 5.00 Å². The quantitative estimate of drug-likeness (QED) is 0.742. The monoisotopic (exact) mass is 456 g/mol. The molecule has 1 atom stereocenters. The molecule has 29 heavy (non-hydrogen) atoms. The summed E-state index contributed by atoms with van der Waals surface area (Å²) in [6.07, 6.45) is 4.69. The van der Waals surface area contributed by atoms with Crippen molar-refractivity contribution in [3.63, 3.8) is 0 Å². The predicted octanol–water partition coefficient (Wildman–Crippen LogP) is 2.39. The third-order valence-corrected chi connectivity index (χ3v) is 6.34. The number of rotatable bonds is 3. The van der Waals surface area contributed by atoms with Crippen LogP contribution in [0.2, 0.25) is 0 Å². The molecule has 0 saturated carbocycles. The Morgan fingerprint density at radius 2 is 2.07 bits per heavy atom. The first kappa shape index (κ1) is 24.0. The number of hydrogen-bond acceptors (Lipinski definition) is 6. The molecule has 5 nitrogen and oxygen atoms in total. The molecule has 2 aliphatic rings. The van der Waals surface area contributed by atoms with E-state index in [0.29, 0.717) is 6.04 Å². The standard InChI is InChI=1S/C21H28N4OS.2ClH/c1-14-10-17-19(18-15(6-5-7-22-18)12-23-20(17)27-14)25-9-8-24(4)16(13-25)11-21(2,3)26;;/h5-7,10,12,16,23,26H,8-9,11,13H2,1-4H3;2*1H. The average Bonchev–Trinajstić information content (AvgIpc) is 2.89. The van der Waals surface area contributed by atoms with Crippen molar-refractivity contribution in [1.82, 2.24) is 14.8 Å². The van der Waals surface area contributed by atoms with E-state index in [0.717, 1.165) is 36.6 Å². The second kappa shape index (κ2) is 9.23. The van der Waals surface area contributed by atoms with Gasteiger partial charge in [-0.15, -0.1) is 36.2 Å². The molecule has 8 heteroatoms. The highest BCUT2D eigenvalue weighted by Gasteiger charge is 2.32. The molecule has 160 valence electrons. The summed E-state index contributed by atoms with van der Waals surface area (Å²) in [6, 6.07) is 6.68. The third kappa shape index (κ3) is 5.06. The minimum atomic E-state index is -0.675. The van der Waals surface area contributed by atoms with Crippen LogP contribution in [0.4, 0.5) is 5.00 Å². The van der Waals surface area contributed by atoms with Crippen LogP contribution < -0.4 is 15.9 Å². The second-order valence-electron chi connectivity index (χ2n) is 8.28. The number of anilines is 1. The van der Waals surface area contributed by atoms with E-state index < -0.39 is 5.60 Å². The molecule has 0 amide bonds. The summed E-state index contributed by atoms with van der Waals surface area (Å²) in [5.41, 5.74) is 1.77. The van der Waals surface area contributed by atoms with Gasteiger partial charge in [0.05, 0.1) is 16.6 Å². The maximum absolute atomic E-state index is 10.4. The van der Waals surface area contributed by atoms with Crippen molar-refractivity contribution in [1.29, 1.82) is 0 Å². The lowest BCUT2D eigenvalue weighted by Crippen LogP contribution is -2.54. The van der Waals surface area contributed by atoms with Crippen molar-refractivity contribution in [2.75, 3.05) is 32.0 Å². The van der Waals surface area contributed by atoms with Gasteiger partial charge in [-0.2, -0.15) is 0 Å². The first-order valence-corrected chi connectivity index (χ1v) is 10.3. The van der Waals surface area contributed by atoms with Gasteiger partial charge >= 0.3 is 0 Å². The molecule has 0 bridgehead atoms. The summed E-state index contributed by atoms with van der Waals surface area (Å²) in [4.78, 5) is 10.9. The Hall–Kier alpha value is -1.31. The molecule has 0 aliphatic carbocycles. The van der Waals surface area contributed by atoms with E-state index in [1.54, 1.807) is 11.3 Å². The highest BCUT2D eigenvalue weighted by Crippen LogP contribution is 2.35. The molecule has 1 fully saturated rings. The van der Waals surface area contributed by atoms with Crippen LogP contribution in [0.1, 0.15) is 30.7 Å². The molecule has 2 aromatic rings. The molecule has 1 saturated heterocycles. The van der Waals surface area contributed by atoms with Crippen LogP contribution in [0, 0.1) is 6.92 Å². The van der Waals surface area contributed by atoms with Crippen molar-refractivity contribution < 1.29 is 5.11 Å². The number of likely N-dealkylation sites (N-methyl/N-ethyl adjacent to an activating group) is 1. The van der Waals surface area contributed by atoms with E-state index in [-0.39, 0.29) is 24.8 Å². The first-order valence-electron chi connectivity index (χ1n) is 9.52. The first-order chi connectivity index (χ1) is 12.8. The van der Waals surface area contributed by atoms with Crippen molar-refractivity contribution in [3.8, 4) is 0 Å². The number of aryl methyl sites for hydroxylation is 1. The number of fused-ring (bicyclic) bond motifs is 2. The number of thiophene rings is 1. The molecular weight excluding hydrogens is 427 g/mol.